The number of H-pyrrole nitrogens is 1. The van der Waals surface area contributed by atoms with E-state index in [-0.39, 0.29) is 19.0 Å². The fraction of sp³-hybridized carbons (Fsp3) is 0.167. The van der Waals surface area contributed by atoms with E-state index in [0.29, 0.717) is 33.8 Å². The fourth-order valence-corrected chi connectivity index (χ4v) is 2.66. The number of ether oxygens (including phenoxy) is 3. The predicted octanol–water partition coefficient (Wildman–Crippen LogP) is 2.32. The van der Waals surface area contributed by atoms with Gasteiger partial charge in [-0.05, 0) is 36.8 Å². The molecule has 7 nitrogen and oxygen atoms in total. The molecule has 1 aromatic heterocycles. The normalized spacial score (nSPS) is 12.4. The zero-order valence-electron chi connectivity index (χ0n) is 13.4. The van der Waals surface area contributed by atoms with Crippen LogP contribution in [0.1, 0.15) is 21.7 Å². The molecule has 1 aliphatic heterocycles. The minimum atomic E-state index is -0.536. The van der Waals surface area contributed by atoms with E-state index in [1.807, 2.05) is 13.0 Å². The van der Waals surface area contributed by atoms with Crippen molar-refractivity contribution in [3.05, 3.63) is 63.7 Å². The number of para-hydroxylation sites is 1. The number of esters is 1. The molecule has 0 amide bonds. The first-order valence-corrected chi connectivity index (χ1v) is 7.67. The lowest BCUT2D eigenvalue weighted by Crippen LogP contribution is -2.15. The number of aryl methyl sites for hydroxylation is 1. The standard InChI is InChI=1S/C18H14N2O5/c1-10-3-2-4-12-16(10)19-15(20-17(12)21)8-23-18(22)11-5-6-13-14(7-11)25-9-24-13/h2-7H,8-9H2,1H3,(H,19,20,21). The molecule has 0 aliphatic carbocycles. The molecule has 0 saturated carbocycles. The Morgan fingerprint density at radius 1 is 1.24 bits per heavy atom. The van der Waals surface area contributed by atoms with Gasteiger partial charge in [0.25, 0.3) is 5.56 Å². The first kappa shape index (κ1) is 15.2. The Labute approximate surface area is 142 Å². The van der Waals surface area contributed by atoms with Crippen LogP contribution >= 0.6 is 0 Å². The summed E-state index contributed by atoms with van der Waals surface area (Å²) in [5.41, 5.74) is 1.55. The summed E-state index contributed by atoms with van der Waals surface area (Å²) >= 11 is 0. The molecule has 3 aromatic rings. The monoisotopic (exact) mass is 338 g/mol. The SMILES string of the molecule is Cc1cccc2c(=O)[nH]c(COC(=O)c3ccc4c(c3)OCO4)nc12. The average Bonchev–Trinajstić information content (AvgIpc) is 3.08. The van der Waals surface area contributed by atoms with Gasteiger partial charge < -0.3 is 19.2 Å². The molecule has 0 radical (unpaired) electrons. The molecular weight excluding hydrogens is 324 g/mol. The third-order valence-electron chi connectivity index (χ3n) is 3.94. The van der Waals surface area contributed by atoms with E-state index in [2.05, 4.69) is 9.97 Å². The summed E-state index contributed by atoms with van der Waals surface area (Å²) < 4.78 is 15.7. The van der Waals surface area contributed by atoms with Crippen LogP contribution in [0.15, 0.2) is 41.2 Å². The quantitative estimate of drug-likeness (QED) is 0.737. The van der Waals surface area contributed by atoms with Crippen molar-refractivity contribution in [1.29, 1.82) is 0 Å². The first-order chi connectivity index (χ1) is 12.1. The number of hydrogen-bond donors (Lipinski definition) is 1. The van der Waals surface area contributed by atoms with Crippen LogP contribution in [-0.4, -0.2) is 22.7 Å². The van der Waals surface area contributed by atoms with E-state index in [1.54, 1.807) is 30.3 Å². The Bertz CT molecular complexity index is 1040. The van der Waals surface area contributed by atoms with Crippen molar-refractivity contribution in [3.8, 4) is 11.5 Å². The molecule has 0 saturated heterocycles. The number of nitrogens with zero attached hydrogens (tertiary/aromatic N) is 1. The number of hydrogen-bond acceptors (Lipinski definition) is 6. The molecule has 2 heterocycles. The minimum absolute atomic E-state index is 0.132. The molecule has 0 atom stereocenters. The summed E-state index contributed by atoms with van der Waals surface area (Å²) in [7, 11) is 0. The van der Waals surface area contributed by atoms with Gasteiger partial charge in [-0.3, -0.25) is 4.79 Å². The van der Waals surface area contributed by atoms with Crippen LogP contribution in [0.25, 0.3) is 10.9 Å². The Morgan fingerprint density at radius 3 is 2.96 bits per heavy atom. The molecule has 2 aromatic carbocycles. The lowest BCUT2D eigenvalue weighted by atomic mass is 10.1. The van der Waals surface area contributed by atoms with Crippen molar-refractivity contribution < 1.29 is 19.0 Å². The van der Waals surface area contributed by atoms with Gasteiger partial charge in [0.2, 0.25) is 6.79 Å². The second-order valence-electron chi connectivity index (χ2n) is 5.63. The zero-order valence-corrected chi connectivity index (χ0v) is 13.4. The topological polar surface area (TPSA) is 90.5 Å². The third-order valence-corrected chi connectivity index (χ3v) is 3.94. The molecule has 1 aliphatic rings. The molecule has 25 heavy (non-hydrogen) atoms. The summed E-state index contributed by atoms with van der Waals surface area (Å²) in [5.74, 6) is 0.849. The van der Waals surface area contributed by atoms with E-state index >= 15 is 0 Å². The Kier molecular flexibility index (Phi) is 3.61. The summed E-state index contributed by atoms with van der Waals surface area (Å²) in [6, 6.07) is 10.2. The highest BCUT2D eigenvalue weighted by atomic mass is 16.7. The van der Waals surface area contributed by atoms with Crippen molar-refractivity contribution in [2.45, 2.75) is 13.5 Å². The number of benzene rings is 2. The lowest BCUT2D eigenvalue weighted by molar-refractivity contribution is 0.0462. The van der Waals surface area contributed by atoms with Gasteiger partial charge in [0.1, 0.15) is 12.4 Å². The van der Waals surface area contributed by atoms with Crippen molar-refractivity contribution in [1.82, 2.24) is 9.97 Å². The van der Waals surface area contributed by atoms with Crippen LogP contribution in [0.4, 0.5) is 0 Å². The van der Waals surface area contributed by atoms with Gasteiger partial charge in [0.15, 0.2) is 11.5 Å². The van der Waals surface area contributed by atoms with E-state index in [4.69, 9.17) is 14.2 Å². The maximum atomic E-state index is 12.2. The average molecular weight is 338 g/mol. The molecule has 0 fully saturated rings. The Morgan fingerprint density at radius 2 is 2.08 bits per heavy atom. The number of nitrogens with one attached hydrogen (secondary N) is 1. The van der Waals surface area contributed by atoms with Crippen molar-refractivity contribution in [2.24, 2.45) is 0 Å². The van der Waals surface area contributed by atoms with Gasteiger partial charge in [-0.1, -0.05) is 12.1 Å². The smallest absolute Gasteiger partial charge is 0.338 e. The fourth-order valence-electron chi connectivity index (χ4n) is 2.66. The van der Waals surface area contributed by atoms with Crippen LogP contribution < -0.4 is 15.0 Å². The van der Waals surface area contributed by atoms with Gasteiger partial charge in [0, 0.05) is 0 Å². The highest BCUT2D eigenvalue weighted by Crippen LogP contribution is 2.32. The Balaban J connectivity index is 1.55. The number of rotatable bonds is 3. The second kappa shape index (κ2) is 5.94. The highest BCUT2D eigenvalue weighted by Gasteiger charge is 2.17. The molecule has 126 valence electrons. The Hall–Kier alpha value is -3.35. The van der Waals surface area contributed by atoms with Gasteiger partial charge in [0.05, 0.1) is 16.5 Å². The van der Waals surface area contributed by atoms with Gasteiger partial charge in [-0.2, -0.15) is 0 Å². The lowest BCUT2D eigenvalue weighted by Gasteiger charge is -2.07. The maximum Gasteiger partial charge on any atom is 0.338 e. The molecule has 7 heteroatoms. The maximum absolute atomic E-state index is 12.2. The van der Waals surface area contributed by atoms with E-state index < -0.39 is 5.97 Å². The van der Waals surface area contributed by atoms with Crippen molar-refractivity contribution in [3.63, 3.8) is 0 Å². The minimum Gasteiger partial charge on any atom is -0.454 e. The summed E-state index contributed by atoms with van der Waals surface area (Å²) in [6.07, 6.45) is 0. The number of aromatic nitrogens is 2. The number of fused-ring (bicyclic) bond motifs is 2. The second-order valence-corrected chi connectivity index (χ2v) is 5.63. The highest BCUT2D eigenvalue weighted by molar-refractivity contribution is 5.90. The zero-order chi connectivity index (χ0) is 17.4. The molecule has 1 N–H and O–H groups in total. The van der Waals surface area contributed by atoms with Crippen LogP contribution in [0.3, 0.4) is 0 Å². The molecular formula is C18H14N2O5. The van der Waals surface area contributed by atoms with Gasteiger partial charge >= 0.3 is 5.97 Å². The summed E-state index contributed by atoms with van der Waals surface area (Å²) in [4.78, 5) is 31.3. The molecule has 0 unspecified atom stereocenters. The number of aromatic amines is 1. The number of carbonyl (C=O) groups excluding carboxylic acids is 1. The molecule has 0 bridgehead atoms. The van der Waals surface area contributed by atoms with Crippen LogP contribution in [-0.2, 0) is 11.3 Å². The van der Waals surface area contributed by atoms with Gasteiger partial charge in [-0.15, -0.1) is 0 Å². The van der Waals surface area contributed by atoms with Gasteiger partial charge in [-0.25, -0.2) is 9.78 Å². The number of carbonyl (C=O) groups is 1. The van der Waals surface area contributed by atoms with E-state index in [1.165, 1.54) is 0 Å². The third kappa shape index (κ3) is 2.80. The predicted molar refractivity (Wildman–Crippen MR) is 88.8 cm³/mol. The van der Waals surface area contributed by atoms with Crippen molar-refractivity contribution >= 4 is 16.9 Å². The van der Waals surface area contributed by atoms with E-state index in [9.17, 15) is 9.59 Å². The van der Waals surface area contributed by atoms with Crippen molar-refractivity contribution in [2.75, 3.05) is 6.79 Å². The van der Waals surface area contributed by atoms with Crippen LogP contribution in [0.2, 0.25) is 0 Å². The first-order valence-electron chi connectivity index (χ1n) is 7.67. The largest absolute Gasteiger partial charge is 0.454 e. The van der Waals surface area contributed by atoms with Crippen LogP contribution in [0.5, 0.6) is 11.5 Å². The molecule has 0 spiro atoms. The summed E-state index contributed by atoms with van der Waals surface area (Å²) in [6.45, 7) is 1.87. The van der Waals surface area contributed by atoms with E-state index in [0.717, 1.165) is 5.56 Å². The van der Waals surface area contributed by atoms with Crippen LogP contribution in [0, 0.1) is 6.92 Å². The molecule has 4 rings (SSSR count). The summed E-state index contributed by atoms with van der Waals surface area (Å²) in [5, 5.41) is 0.505.